The summed E-state index contributed by atoms with van der Waals surface area (Å²) in [6.45, 7) is 2.62. The molecule has 0 radical (unpaired) electrons. The fourth-order valence-electron chi connectivity index (χ4n) is 3.94. The molecular formula is C28H30N2O5. The zero-order valence-electron chi connectivity index (χ0n) is 20.0. The Morgan fingerprint density at radius 2 is 1.66 bits per heavy atom. The molecule has 0 aliphatic carbocycles. The lowest BCUT2D eigenvalue weighted by molar-refractivity contribution is -0.140. The number of benzene rings is 3. The normalized spacial score (nSPS) is 12.6. The van der Waals surface area contributed by atoms with E-state index in [0.29, 0.717) is 37.4 Å². The SMILES string of the molecule is COc1ccc(CN(C(=O)CCc2ccccc2)[C@@H](C)C(=O)NCc2ccc3c(c2)OCO3)cc1. The van der Waals surface area contributed by atoms with E-state index in [2.05, 4.69) is 5.32 Å². The first kappa shape index (κ1) is 24.1. The number of methoxy groups -OCH3 is 1. The topological polar surface area (TPSA) is 77.1 Å². The van der Waals surface area contributed by atoms with E-state index < -0.39 is 6.04 Å². The van der Waals surface area contributed by atoms with E-state index in [1.165, 1.54) is 0 Å². The molecule has 1 heterocycles. The van der Waals surface area contributed by atoms with Gasteiger partial charge in [-0.2, -0.15) is 0 Å². The number of amides is 2. The van der Waals surface area contributed by atoms with Crippen LogP contribution in [-0.2, 0) is 29.1 Å². The van der Waals surface area contributed by atoms with E-state index in [9.17, 15) is 9.59 Å². The first-order valence-electron chi connectivity index (χ1n) is 11.7. The van der Waals surface area contributed by atoms with Gasteiger partial charge in [-0.1, -0.05) is 48.5 Å². The highest BCUT2D eigenvalue weighted by atomic mass is 16.7. The van der Waals surface area contributed by atoms with Gasteiger partial charge in [-0.05, 0) is 54.3 Å². The highest BCUT2D eigenvalue weighted by Crippen LogP contribution is 2.32. The van der Waals surface area contributed by atoms with E-state index in [0.717, 1.165) is 22.4 Å². The van der Waals surface area contributed by atoms with Crippen LogP contribution in [-0.4, -0.2) is 36.7 Å². The van der Waals surface area contributed by atoms with Crippen LogP contribution in [0.25, 0.3) is 0 Å². The molecule has 3 aromatic rings. The smallest absolute Gasteiger partial charge is 0.242 e. The van der Waals surface area contributed by atoms with Crippen molar-refractivity contribution in [2.24, 2.45) is 0 Å². The Morgan fingerprint density at radius 1 is 0.943 bits per heavy atom. The summed E-state index contributed by atoms with van der Waals surface area (Å²) < 4.78 is 16.0. The van der Waals surface area contributed by atoms with Crippen molar-refractivity contribution in [1.82, 2.24) is 10.2 Å². The predicted molar refractivity (Wildman–Crippen MR) is 132 cm³/mol. The molecule has 0 saturated heterocycles. The number of rotatable bonds is 10. The van der Waals surface area contributed by atoms with Crippen molar-refractivity contribution in [3.63, 3.8) is 0 Å². The minimum Gasteiger partial charge on any atom is -0.497 e. The van der Waals surface area contributed by atoms with Crippen molar-refractivity contribution in [3.8, 4) is 17.2 Å². The summed E-state index contributed by atoms with van der Waals surface area (Å²) in [5.74, 6) is 1.81. The van der Waals surface area contributed by atoms with Crippen LogP contribution < -0.4 is 19.5 Å². The molecule has 2 amide bonds. The predicted octanol–water partition coefficient (Wildman–Crippen LogP) is 4.09. The summed E-state index contributed by atoms with van der Waals surface area (Å²) in [6.07, 6.45) is 0.935. The molecule has 7 heteroatoms. The highest BCUT2D eigenvalue weighted by molar-refractivity contribution is 5.87. The van der Waals surface area contributed by atoms with Crippen molar-refractivity contribution in [1.29, 1.82) is 0 Å². The van der Waals surface area contributed by atoms with Crippen molar-refractivity contribution in [3.05, 3.63) is 89.5 Å². The fourth-order valence-corrected chi connectivity index (χ4v) is 3.94. The summed E-state index contributed by atoms with van der Waals surface area (Å²) >= 11 is 0. The minimum atomic E-state index is -0.644. The number of nitrogens with zero attached hydrogens (tertiary/aromatic N) is 1. The lowest BCUT2D eigenvalue weighted by Gasteiger charge is -2.29. The summed E-state index contributed by atoms with van der Waals surface area (Å²) in [4.78, 5) is 28.0. The van der Waals surface area contributed by atoms with Gasteiger partial charge < -0.3 is 24.4 Å². The molecule has 182 valence electrons. The number of hydrogen-bond acceptors (Lipinski definition) is 5. The first-order chi connectivity index (χ1) is 17.0. The third-order valence-electron chi connectivity index (χ3n) is 6.05. The van der Waals surface area contributed by atoms with Gasteiger partial charge in [0.2, 0.25) is 18.6 Å². The van der Waals surface area contributed by atoms with Gasteiger partial charge >= 0.3 is 0 Å². The molecule has 4 rings (SSSR count). The van der Waals surface area contributed by atoms with Gasteiger partial charge in [-0.3, -0.25) is 9.59 Å². The summed E-state index contributed by atoms with van der Waals surface area (Å²) in [5.41, 5.74) is 2.91. The minimum absolute atomic E-state index is 0.0737. The molecule has 1 aliphatic heterocycles. The molecule has 1 N–H and O–H groups in total. The Bertz CT molecular complexity index is 1150. The maximum Gasteiger partial charge on any atom is 0.242 e. The van der Waals surface area contributed by atoms with Gasteiger partial charge in [0.05, 0.1) is 7.11 Å². The molecule has 0 saturated carbocycles. The fraction of sp³-hybridized carbons (Fsp3) is 0.286. The molecular weight excluding hydrogens is 444 g/mol. The molecule has 3 aromatic carbocycles. The van der Waals surface area contributed by atoms with Crippen LogP contribution in [0.15, 0.2) is 72.8 Å². The number of aryl methyl sites for hydroxylation is 1. The summed E-state index contributed by atoms with van der Waals surface area (Å²) in [5, 5.41) is 2.95. The third kappa shape index (κ3) is 6.32. The quantitative estimate of drug-likeness (QED) is 0.479. The zero-order valence-corrected chi connectivity index (χ0v) is 20.0. The van der Waals surface area contributed by atoms with E-state index in [1.807, 2.05) is 72.8 Å². The first-order valence-corrected chi connectivity index (χ1v) is 11.7. The van der Waals surface area contributed by atoms with E-state index in [-0.39, 0.29) is 18.6 Å². The van der Waals surface area contributed by atoms with E-state index in [4.69, 9.17) is 14.2 Å². The molecule has 7 nitrogen and oxygen atoms in total. The highest BCUT2D eigenvalue weighted by Gasteiger charge is 2.26. The van der Waals surface area contributed by atoms with Gasteiger partial charge in [-0.25, -0.2) is 0 Å². The Morgan fingerprint density at radius 3 is 2.40 bits per heavy atom. The van der Waals surface area contributed by atoms with Gasteiger partial charge in [-0.15, -0.1) is 0 Å². The second-order valence-electron chi connectivity index (χ2n) is 8.44. The van der Waals surface area contributed by atoms with E-state index >= 15 is 0 Å². The number of carbonyl (C=O) groups excluding carboxylic acids is 2. The molecule has 0 bridgehead atoms. The second kappa shape index (κ2) is 11.4. The largest absolute Gasteiger partial charge is 0.497 e. The average molecular weight is 475 g/mol. The number of fused-ring (bicyclic) bond motifs is 1. The zero-order chi connectivity index (χ0) is 24.6. The van der Waals surface area contributed by atoms with Crippen LogP contribution in [0.4, 0.5) is 0 Å². The Balaban J connectivity index is 1.43. The van der Waals surface area contributed by atoms with Crippen LogP contribution in [0.1, 0.15) is 30.0 Å². The number of nitrogens with one attached hydrogen (secondary N) is 1. The molecule has 0 fully saturated rings. The molecule has 0 aromatic heterocycles. The Hall–Kier alpha value is -4.00. The maximum absolute atomic E-state index is 13.3. The summed E-state index contributed by atoms with van der Waals surface area (Å²) in [7, 11) is 1.61. The van der Waals surface area contributed by atoms with Gasteiger partial charge in [0, 0.05) is 19.5 Å². The lowest BCUT2D eigenvalue weighted by Crippen LogP contribution is -2.47. The lowest BCUT2D eigenvalue weighted by atomic mass is 10.1. The van der Waals surface area contributed by atoms with Crippen molar-refractivity contribution < 1.29 is 23.8 Å². The summed E-state index contributed by atoms with van der Waals surface area (Å²) in [6, 6.07) is 22.3. The molecule has 0 unspecified atom stereocenters. The van der Waals surface area contributed by atoms with Gasteiger partial charge in [0.15, 0.2) is 11.5 Å². The number of hydrogen-bond donors (Lipinski definition) is 1. The Labute approximate surface area is 205 Å². The van der Waals surface area contributed by atoms with E-state index in [1.54, 1.807) is 18.9 Å². The standard InChI is InChI=1S/C28H30N2O5/c1-20(28(32)29-17-23-10-14-25-26(16-23)35-19-34-25)30(18-22-8-12-24(33-2)13-9-22)27(31)15-11-21-6-4-3-5-7-21/h3-10,12-14,16,20H,11,15,17-19H2,1-2H3,(H,29,32)/t20-/m0/s1. The van der Waals surface area contributed by atoms with Crippen LogP contribution in [0.5, 0.6) is 17.2 Å². The third-order valence-corrected chi connectivity index (χ3v) is 6.05. The van der Waals surface area contributed by atoms with Crippen LogP contribution in [0.3, 0.4) is 0 Å². The molecule has 1 aliphatic rings. The average Bonchev–Trinajstić information content (AvgIpc) is 3.37. The Kier molecular flexibility index (Phi) is 7.88. The van der Waals surface area contributed by atoms with Crippen LogP contribution >= 0.6 is 0 Å². The van der Waals surface area contributed by atoms with Crippen molar-refractivity contribution >= 4 is 11.8 Å². The van der Waals surface area contributed by atoms with Gasteiger partial charge in [0.25, 0.3) is 0 Å². The molecule has 0 spiro atoms. The maximum atomic E-state index is 13.3. The monoisotopic (exact) mass is 474 g/mol. The number of carbonyl (C=O) groups is 2. The van der Waals surface area contributed by atoms with Gasteiger partial charge in [0.1, 0.15) is 11.8 Å². The van der Waals surface area contributed by atoms with Crippen LogP contribution in [0, 0.1) is 0 Å². The second-order valence-corrected chi connectivity index (χ2v) is 8.44. The molecule has 1 atom stereocenters. The van der Waals surface area contributed by atoms with Crippen molar-refractivity contribution in [2.75, 3.05) is 13.9 Å². The van der Waals surface area contributed by atoms with Crippen molar-refractivity contribution in [2.45, 2.75) is 38.9 Å². The number of ether oxygens (including phenoxy) is 3. The van der Waals surface area contributed by atoms with Crippen LogP contribution in [0.2, 0.25) is 0 Å². The molecule has 35 heavy (non-hydrogen) atoms.